The average Bonchev–Trinajstić information content (AvgIpc) is 3.51. The van der Waals surface area contributed by atoms with E-state index in [9.17, 15) is 23.2 Å². The molecule has 0 bridgehead atoms. The zero-order valence-electron chi connectivity index (χ0n) is 18.6. The lowest BCUT2D eigenvalue weighted by Gasteiger charge is -2.20. The molecule has 0 spiro atoms. The Hall–Kier alpha value is -3.75. The van der Waals surface area contributed by atoms with Crippen molar-refractivity contribution in [2.45, 2.75) is 38.6 Å². The van der Waals surface area contributed by atoms with E-state index in [0.29, 0.717) is 24.1 Å². The van der Waals surface area contributed by atoms with E-state index in [4.69, 9.17) is 11.6 Å². The first-order valence-electron chi connectivity index (χ1n) is 11.2. The Kier molecular flexibility index (Phi) is 6.63. The SMILES string of the molecule is Fc1cccc(CC2CC2)c1.NC(=O)c1c(CN2CCCC2=O)n(N)c(=O)c2c(F)cccc12. The Bertz CT molecular complexity index is 1320. The van der Waals surface area contributed by atoms with E-state index in [1.165, 1.54) is 35.9 Å². The van der Waals surface area contributed by atoms with E-state index >= 15 is 0 Å². The maximum atomic E-state index is 14.0. The summed E-state index contributed by atoms with van der Waals surface area (Å²) in [5.41, 5.74) is 5.86. The van der Waals surface area contributed by atoms with Crippen LogP contribution in [0.2, 0.25) is 0 Å². The number of nitrogens with zero attached hydrogens (tertiary/aromatic N) is 2. The number of hydrogen-bond donors (Lipinski definition) is 2. The van der Waals surface area contributed by atoms with E-state index in [0.717, 1.165) is 24.0 Å². The zero-order chi connectivity index (χ0) is 24.4. The summed E-state index contributed by atoms with van der Waals surface area (Å²) in [6.07, 6.45) is 4.83. The van der Waals surface area contributed by atoms with Crippen LogP contribution in [-0.2, 0) is 17.8 Å². The van der Waals surface area contributed by atoms with Gasteiger partial charge >= 0.3 is 0 Å². The number of fused-ring (bicyclic) bond motifs is 1. The average molecular weight is 469 g/mol. The number of hydrogen-bond acceptors (Lipinski definition) is 4. The quantitative estimate of drug-likeness (QED) is 0.561. The predicted octanol–water partition coefficient (Wildman–Crippen LogP) is 2.85. The minimum atomic E-state index is -0.832. The highest BCUT2D eigenvalue weighted by atomic mass is 19.1. The topological polar surface area (TPSA) is 111 Å². The molecule has 0 atom stereocenters. The maximum Gasteiger partial charge on any atom is 0.279 e. The first-order chi connectivity index (χ1) is 16.3. The number of carbonyl (C=O) groups is 2. The third-order valence-corrected chi connectivity index (χ3v) is 6.16. The van der Waals surface area contributed by atoms with Gasteiger partial charge in [0, 0.05) is 18.4 Å². The molecule has 1 aliphatic carbocycles. The van der Waals surface area contributed by atoms with Crippen molar-refractivity contribution in [2.75, 3.05) is 12.4 Å². The van der Waals surface area contributed by atoms with Crippen molar-refractivity contribution in [3.05, 3.63) is 81.3 Å². The van der Waals surface area contributed by atoms with Crippen molar-refractivity contribution >= 4 is 22.6 Å². The van der Waals surface area contributed by atoms with E-state index in [-0.39, 0.29) is 40.3 Å². The van der Waals surface area contributed by atoms with Crippen LogP contribution in [0.5, 0.6) is 0 Å². The van der Waals surface area contributed by atoms with Gasteiger partial charge in [0.1, 0.15) is 11.6 Å². The molecule has 7 nitrogen and oxygen atoms in total. The maximum absolute atomic E-state index is 14.0. The summed E-state index contributed by atoms with van der Waals surface area (Å²) < 4.78 is 27.3. The van der Waals surface area contributed by atoms with Crippen LogP contribution in [0.1, 0.15) is 47.3 Å². The van der Waals surface area contributed by atoms with Crippen molar-refractivity contribution in [3.63, 3.8) is 0 Å². The molecule has 2 aromatic carbocycles. The van der Waals surface area contributed by atoms with Crippen molar-refractivity contribution < 1.29 is 18.4 Å². The molecule has 34 heavy (non-hydrogen) atoms. The van der Waals surface area contributed by atoms with E-state index in [2.05, 4.69) is 0 Å². The van der Waals surface area contributed by atoms with Crippen molar-refractivity contribution in [2.24, 2.45) is 11.7 Å². The van der Waals surface area contributed by atoms with Gasteiger partial charge in [-0.25, -0.2) is 13.5 Å². The lowest BCUT2D eigenvalue weighted by molar-refractivity contribution is -0.128. The second-order valence-corrected chi connectivity index (χ2v) is 8.72. The standard InChI is InChI=1S/C15H15FN4O3.C10H11F/c16-9-4-1-3-8-12(9)15(23)20(18)10(13(8)14(17)22)7-19-6-2-5-11(19)21;11-10-3-1-2-9(7-10)6-8-4-5-8/h1,3-4H,2,5-7,18H2,(H2,17,22);1-3,7-8H,4-6H2. The Balaban J connectivity index is 0.000000207. The first-order valence-corrected chi connectivity index (χ1v) is 11.2. The molecule has 2 amide bonds. The fourth-order valence-corrected chi connectivity index (χ4v) is 4.27. The molecule has 2 heterocycles. The lowest BCUT2D eigenvalue weighted by atomic mass is 10.0. The number of amides is 2. The van der Waals surface area contributed by atoms with Gasteiger partial charge in [0.05, 0.1) is 23.2 Å². The molecule has 178 valence electrons. The van der Waals surface area contributed by atoms with Crippen molar-refractivity contribution in [1.82, 2.24) is 9.58 Å². The van der Waals surface area contributed by atoms with Crippen molar-refractivity contribution in [1.29, 1.82) is 0 Å². The number of primary amides is 1. The normalized spacial score (nSPS) is 15.4. The van der Waals surface area contributed by atoms with Crippen LogP contribution in [-0.4, -0.2) is 27.9 Å². The van der Waals surface area contributed by atoms with Gasteiger partial charge in [0.25, 0.3) is 11.5 Å². The fraction of sp³-hybridized carbons (Fsp3) is 0.320. The molecule has 0 unspecified atom stereocenters. The number of halogens is 2. The highest BCUT2D eigenvalue weighted by Crippen LogP contribution is 2.32. The van der Waals surface area contributed by atoms with Crippen LogP contribution in [0.4, 0.5) is 8.78 Å². The Morgan fingerprint density at radius 3 is 2.44 bits per heavy atom. The minimum absolute atomic E-state index is 0.0186. The summed E-state index contributed by atoms with van der Waals surface area (Å²) in [5, 5.41) is -0.189. The number of likely N-dealkylation sites (tertiary alicyclic amines) is 1. The number of pyridine rings is 1. The summed E-state index contributed by atoms with van der Waals surface area (Å²) >= 11 is 0. The van der Waals surface area contributed by atoms with Gasteiger partial charge in [-0.05, 0) is 55.4 Å². The highest BCUT2D eigenvalue weighted by Gasteiger charge is 2.26. The predicted molar refractivity (Wildman–Crippen MR) is 124 cm³/mol. The third kappa shape index (κ3) is 4.93. The Labute approximate surface area is 194 Å². The van der Waals surface area contributed by atoms with Crippen LogP contribution in [0, 0.1) is 17.6 Å². The Morgan fingerprint density at radius 1 is 1.09 bits per heavy atom. The number of benzene rings is 2. The van der Waals surface area contributed by atoms with Gasteiger partial charge in [-0.2, -0.15) is 0 Å². The molecule has 3 aromatic rings. The fourth-order valence-electron chi connectivity index (χ4n) is 4.27. The molecule has 4 N–H and O–H groups in total. The molecule has 1 aliphatic heterocycles. The van der Waals surface area contributed by atoms with Gasteiger partial charge in [0.15, 0.2) is 0 Å². The summed E-state index contributed by atoms with van der Waals surface area (Å²) in [5.74, 6) is 4.81. The third-order valence-electron chi connectivity index (χ3n) is 6.16. The number of carbonyl (C=O) groups excluding carboxylic acids is 2. The first kappa shape index (κ1) is 23.4. The molecule has 5 rings (SSSR count). The molecular weight excluding hydrogens is 442 g/mol. The van der Waals surface area contributed by atoms with Gasteiger partial charge in [-0.15, -0.1) is 0 Å². The van der Waals surface area contributed by atoms with Gasteiger partial charge in [-0.3, -0.25) is 14.4 Å². The molecule has 9 heteroatoms. The summed E-state index contributed by atoms with van der Waals surface area (Å²) in [7, 11) is 0. The van der Waals surface area contributed by atoms with Gasteiger partial charge in [-0.1, -0.05) is 24.3 Å². The van der Waals surface area contributed by atoms with Gasteiger partial charge in [0.2, 0.25) is 5.91 Å². The zero-order valence-corrected chi connectivity index (χ0v) is 18.6. The van der Waals surface area contributed by atoms with Crippen LogP contribution in [0.3, 0.4) is 0 Å². The smallest absolute Gasteiger partial charge is 0.279 e. The van der Waals surface area contributed by atoms with Crippen LogP contribution < -0.4 is 17.1 Å². The molecular formula is C25H26F2N4O3. The van der Waals surface area contributed by atoms with Crippen LogP contribution >= 0.6 is 0 Å². The minimum Gasteiger partial charge on any atom is -0.366 e. The van der Waals surface area contributed by atoms with Gasteiger partial charge < -0.3 is 16.5 Å². The lowest BCUT2D eigenvalue weighted by Crippen LogP contribution is -2.37. The largest absolute Gasteiger partial charge is 0.366 e. The Morgan fingerprint density at radius 2 is 1.82 bits per heavy atom. The second kappa shape index (κ2) is 9.62. The highest BCUT2D eigenvalue weighted by molar-refractivity contribution is 6.07. The van der Waals surface area contributed by atoms with Crippen LogP contribution in [0.15, 0.2) is 47.3 Å². The summed E-state index contributed by atoms with van der Waals surface area (Å²) in [6, 6.07) is 10.9. The number of nitrogen functional groups attached to an aromatic ring is 1. The molecule has 1 saturated carbocycles. The molecule has 2 fully saturated rings. The summed E-state index contributed by atoms with van der Waals surface area (Å²) in [6.45, 7) is 0.488. The molecule has 0 radical (unpaired) electrons. The second-order valence-electron chi connectivity index (χ2n) is 8.72. The van der Waals surface area contributed by atoms with E-state index in [1.807, 2.05) is 6.07 Å². The number of rotatable bonds is 5. The molecule has 2 aliphatic rings. The van der Waals surface area contributed by atoms with E-state index < -0.39 is 17.3 Å². The van der Waals surface area contributed by atoms with Crippen molar-refractivity contribution in [3.8, 4) is 0 Å². The van der Waals surface area contributed by atoms with E-state index in [1.54, 1.807) is 12.1 Å². The monoisotopic (exact) mass is 468 g/mol. The molecule has 1 saturated heterocycles. The summed E-state index contributed by atoms with van der Waals surface area (Å²) in [4.78, 5) is 37.5. The van der Waals surface area contributed by atoms with Crippen LogP contribution in [0.25, 0.3) is 10.8 Å². The molecule has 1 aromatic heterocycles. The number of nitrogens with two attached hydrogens (primary N) is 2. The number of aromatic nitrogens is 1.